The molecule has 7 heteroatoms. The van der Waals surface area contributed by atoms with Gasteiger partial charge in [0.15, 0.2) is 0 Å². The normalized spacial score (nSPS) is 35.6. The third-order valence-corrected chi connectivity index (χ3v) is 9.63. The van der Waals surface area contributed by atoms with Crippen molar-refractivity contribution in [3.05, 3.63) is 28.4 Å². The van der Waals surface area contributed by atoms with Gasteiger partial charge in [-0.25, -0.2) is 4.79 Å². The van der Waals surface area contributed by atoms with Crippen LogP contribution in [0.25, 0.3) is 0 Å². The van der Waals surface area contributed by atoms with E-state index in [2.05, 4.69) is 67.8 Å². The zero-order valence-corrected chi connectivity index (χ0v) is 19.8. The summed E-state index contributed by atoms with van der Waals surface area (Å²) in [5.74, 6) is -0.610. The fraction of sp³-hybridized carbons (Fsp3) is 0.556. The van der Waals surface area contributed by atoms with E-state index in [1.54, 1.807) is 0 Å². The SMILES string of the molecule is O=C(OC12CC3CC(C1)CC(C(=O)[O-])(C3)C2)c1cc(I)cc(I)c1I. The summed E-state index contributed by atoms with van der Waals surface area (Å²) in [6.07, 6.45) is 4.43. The molecule has 4 aliphatic carbocycles. The van der Waals surface area contributed by atoms with Gasteiger partial charge in [-0.2, -0.15) is 0 Å². The van der Waals surface area contributed by atoms with Crippen LogP contribution in [-0.2, 0) is 9.53 Å². The van der Waals surface area contributed by atoms with E-state index in [0.29, 0.717) is 36.7 Å². The summed E-state index contributed by atoms with van der Waals surface area (Å²) in [6, 6.07) is 3.87. The van der Waals surface area contributed by atoms with Crippen molar-refractivity contribution in [3.63, 3.8) is 0 Å². The Hall–Kier alpha value is 0.350. The van der Waals surface area contributed by atoms with E-state index in [1.165, 1.54) is 0 Å². The Labute approximate surface area is 187 Å². The number of hydrogen-bond acceptors (Lipinski definition) is 4. The Kier molecular flexibility index (Phi) is 4.83. The highest BCUT2D eigenvalue weighted by atomic mass is 127. The molecule has 134 valence electrons. The average molecular weight is 677 g/mol. The van der Waals surface area contributed by atoms with E-state index in [0.717, 1.165) is 30.0 Å². The van der Waals surface area contributed by atoms with Crippen LogP contribution in [-0.4, -0.2) is 17.5 Å². The zero-order valence-electron chi connectivity index (χ0n) is 13.3. The molecular formula is C18H16I3O4-. The van der Waals surface area contributed by atoms with Gasteiger partial charge in [0, 0.05) is 22.1 Å². The molecule has 4 saturated carbocycles. The van der Waals surface area contributed by atoms with Crippen molar-refractivity contribution in [1.29, 1.82) is 0 Å². The van der Waals surface area contributed by atoms with Gasteiger partial charge in [0.1, 0.15) is 5.60 Å². The molecule has 5 rings (SSSR count). The molecule has 0 aliphatic heterocycles. The van der Waals surface area contributed by atoms with Crippen LogP contribution >= 0.6 is 67.8 Å². The van der Waals surface area contributed by atoms with E-state index in [-0.39, 0.29) is 5.97 Å². The van der Waals surface area contributed by atoms with Crippen molar-refractivity contribution in [1.82, 2.24) is 0 Å². The zero-order chi connectivity index (χ0) is 18.0. The van der Waals surface area contributed by atoms with Crippen molar-refractivity contribution in [2.75, 3.05) is 0 Å². The first kappa shape index (κ1) is 18.7. The lowest BCUT2D eigenvalue weighted by Crippen LogP contribution is -2.62. The number of esters is 1. The standard InChI is InChI=1S/C18H17I3O4/c19-11-2-12(14(21)13(20)3-11)15(22)25-18-6-9-1-10(7-18)5-17(4-9,8-18)16(23)24/h2-3,9-10H,1,4-8H2,(H,23,24)/p-1. The Morgan fingerprint density at radius 2 is 1.72 bits per heavy atom. The number of benzene rings is 1. The quantitative estimate of drug-likeness (QED) is 0.278. The van der Waals surface area contributed by atoms with E-state index < -0.39 is 17.0 Å². The first-order valence-corrected chi connectivity index (χ1v) is 11.5. The van der Waals surface area contributed by atoms with Gasteiger partial charge in [0.2, 0.25) is 0 Å². The number of carbonyl (C=O) groups is 2. The average Bonchev–Trinajstić information content (AvgIpc) is 2.48. The molecule has 0 heterocycles. The van der Waals surface area contributed by atoms with Crippen molar-refractivity contribution < 1.29 is 19.4 Å². The number of halogens is 3. The van der Waals surface area contributed by atoms with Gasteiger partial charge in [0.05, 0.1) is 5.56 Å². The molecule has 0 N–H and O–H groups in total. The van der Waals surface area contributed by atoms with Gasteiger partial charge in [-0.3, -0.25) is 0 Å². The van der Waals surface area contributed by atoms with Crippen LogP contribution in [0.3, 0.4) is 0 Å². The maximum atomic E-state index is 12.9. The predicted molar refractivity (Wildman–Crippen MR) is 115 cm³/mol. The monoisotopic (exact) mass is 677 g/mol. The summed E-state index contributed by atoms with van der Waals surface area (Å²) in [7, 11) is 0. The maximum absolute atomic E-state index is 12.9. The topological polar surface area (TPSA) is 66.4 Å². The van der Waals surface area contributed by atoms with E-state index >= 15 is 0 Å². The van der Waals surface area contributed by atoms with Crippen LogP contribution in [0.15, 0.2) is 12.1 Å². The first-order valence-electron chi connectivity index (χ1n) is 8.31. The summed E-state index contributed by atoms with van der Waals surface area (Å²) in [4.78, 5) is 24.8. The van der Waals surface area contributed by atoms with Crippen molar-refractivity contribution in [3.8, 4) is 0 Å². The van der Waals surface area contributed by atoms with Crippen LogP contribution in [0.2, 0.25) is 0 Å². The van der Waals surface area contributed by atoms with Crippen LogP contribution in [0.5, 0.6) is 0 Å². The lowest BCUT2D eigenvalue weighted by molar-refractivity contribution is -0.331. The number of carboxylic acids is 1. The minimum absolute atomic E-state index is 0.323. The molecule has 0 spiro atoms. The highest BCUT2D eigenvalue weighted by molar-refractivity contribution is 14.1. The molecular weight excluding hydrogens is 661 g/mol. The molecule has 4 aliphatic rings. The molecule has 0 amide bonds. The fourth-order valence-electron chi connectivity index (χ4n) is 5.49. The van der Waals surface area contributed by atoms with Gasteiger partial charge in [0.25, 0.3) is 0 Å². The first-order chi connectivity index (χ1) is 11.7. The third kappa shape index (κ3) is 3.23. The Morgan fingerprint density at radius 1 is 1.08 bits per heavy atom. The van der Waals surface area contributed by atoms with Crippen LogP contribution in [0, 0.1) is 28.0 Å². The molecule has 0 saturated heterocycles. The number of carbonyl (C=O) groups excluding carboxylic acids is 2. The maximum Gasteiger partial charge on any atom is 0.339 e. The van der Waals surface area contributed by atoms with E-state index in [4.69, 9.17) is 4.74 Å². The second kappa shape index (κ2) is 6.46. The van der Waals surface area contributed by atoms with Crippen molar-refractivity contribution in [2.24, 2.45) is 17.3 Å². The Balaban J connectivity index is 1.65. The van der Waals surface area contributed by atoms with E-state index in [9.17, 15) is 14.7 Å². The van der Waals surface area contributed by atoms with Crippen LogP contribution in [0.4, 0.5) is 0 Å². The summed E-state index contributed by atoms with van der Waals surface area (Å²) in [6.45, 7) is 0. The number of hydrogen-bond donors (Lipinski definition) is 0. The third-order valence-electron chi connectivity index (χ3n) is 5.96. The molecule has 4 nitrogen and oxygen atoms in total. The number of aliphatic carboxylic acids is 1. The highest BCUT2D eigenvalue weighted by Gasteiger charge is 2.60. The molecule has 4 fully saturated rings. The van der Waals surface area contributed by atoms with Gasteiger partial charge in [-0.1, -0.05) is 0 Å². The Bertz CT molecular complexity index is 762. The molecule has 0 radical (unpaired) electrons. The molecule has 0 aromatic heterocycles. The Morgan fingerprint density at radius 3 is 2.32 bits per heavy atom. The fourth-order valence-corrected chi connectivity index (χ4v) is 7.87. The highest BCUT2D eigenvalue weighted by Crippen LogP contribution is 2.62. The molecule has 4 bridgehead atoms. The van der Waals surface area contributed by atoms with Crippen LogP contribution in [0.1, 0.15) is 48.9 Å². The summed E-state index contributed by atoms with van der Waals surface area (Å²) in [5.41, 5.74) is -0.844. The van der Waals surface area contributed by atoms with E-state index in [1.807, 2.05) is 12.1 Å². The largest absolute Gasteiger partial charge is 0.550 e. The number of rotatable bonds is 3. The number of ether oxygens (including phenoxy) is 1. The number of carboxylic acid groups (broad SMARTS) is 1. The minimum Gasteiger partial charge on any atom is -0.550 e. The lowest BCUT2D eigenvalue weighted by Gasteiger charge is -2.61. The predicted octanol–water partition coefficient (Wildman–Crippen LogP) is 3.75. The second-order valence-corrected chi connectivity index (χ2v) is 11.3. The summed E-state index contributed by atoms with van der Waals surface area (Å²) >= 11 is 6.60. The molecule has 2 atom stereocenters. The second-order valence-electron chi connectivity index (χ2n) is 7.85. The molecule has 1 aromatic carbocycles. The smallest absolute Gasteiger partial charge is 0.339 e. The van der Waals surface area contributed by atoms with Crippen molar-refractivity contribution in [2.45, 2.75) is 44.1 Å². The van der Waals surface area contributed by atoms with Gasteiger partial charge < -0.3 is 14.6 Å². The summed E-state index contributed by atoms with van der Waals surface area (Å²) < 4.78 is 8.97. The molecule has 1 aromatic rings. The van der Waals surface area contributed by atoms with Gasteiger partial charge in [-0.15, -0.1) is 0 Å². The van der Waals surface area contributed by atoms with Crippen molar-refractivity contribution >= 4 is 79.7 Å². The lowest BCUT2D eigenvalue weighted by atomic mass is 9.48. The summed E-state index contributed by atoms with van der Waals surface area (Å²) in [5, 5.41) is 11.8. The van der Waals surface area contributed by atoms with Gasteiger partial charge in [-0.05, 0) is 130 Å². The van der Waals surface area contributed by atoms with Crippen LogP contribution < -0.4 is 5.11 Å². The molecule has 25 heavy (non-hydrogen) atoms. The minimum atomic E-state index is -0.958. The molecule has 2 unspecified atom stereocenters. The van der Waals surface area contributed by atoms with Gasteiger partial charge >= 0.3 is 5.97 Å².